The number of hydrogen-bond donors (Lipinski definition) is 3. The van der Waals surface area contributed by atoms with Gasteiger partial charge >= 0.3 is 11.7 Å². The molecular formula is C12H17N3O5. The van der Waals surface area contributed by atoms with Crippen LogP contribution in [0.1, 0.15) is 26.2 Å². The van der Waals surface area contributed by atoms with E-state index in [0.29, 0.717) is 12.8 Å². The normalized spacial score (nSPS) is 11.8. The molecule has 1 amide bonds. The number of carboxylic acids is 1. The molecule has 8 heteroatoms. The fourth-order valence-electron chi connectivity index (χ4n) is 1.63. The minimum absolute atomic E-state index is 0.331. The summed E-state index contributed by atoms with van der Waals surface area (Å²) < 4.78 is 0.996. The molecule has 20 heavy (non-hydrogen) atoms. The van der Waals surface area contributed by atoms with Crippen molar-refractivity contribution in [1.82, 2.24) is 14.9 Å². The van der Waals surface area contributed by atoms with Gasteiger partial charge in [0.1, 0.15) is 12.6 Å². The highest BCUT2D eigenvalue weighted by molar-refractivity contribution is 5.83. The first-order chi connectivity index (χ1) is 9.43. The highest BCUT2D eigenvalue weighted by Gasteiger charge is 2.19. The van der Waals surface area contributed by atoms with Gasteiger partial charge in [0, 0.05) is 12.3 Å². The quantitative estimate of drug-likeness (QED) is 0.610. The Hall–Kier alpha value is -2.38. The zero-order chi connectivity index (χ0) is 15.1. The van der Waals surface area contributed by atoms with Gasteiger partial charge in [-0.3, -0.25) is 19.1 Å². The fraction of sp³-hybridized carbons (Fsp3) is 0.500. The summed E-state index contributed by atoms with van der Waals surface area (Å²) in [6.07, 6.45) is 3.01. The van der Waals surface area contributed by atoms with Crippen molar-refractivity contribution in [3.63, 3.8) is 0 Å². The Morgan fingerprint density at radius 1 is 1.45 bits per heavy atom. The molecule has 3 N–H and O–H groups in total. The van der Waals surface area contributed by atoms with Gasteiger partial charge in [-0.25, -0.2) is 9.59 Å². The van der Waals surface area contributed by atoms with E-state index >= 15 is 0 Å². The van der Waals surface area contributed by atoms with E-state index in [1.807, 2.05) is 11.9 Å². The summed E-state index contributed by atoms with van der Waals surface area (Å²) in [6.45, 7) is 1.58. The van der Waals surface area contributed by atoms with Crippen LogP contribution >= 0.6 is 0 Å². The molecule has 0 aliphatic rings. The largest absolute Gasteiger partial charge is 0.480 e. The van der Waals surface area contributed by atoms with Crippen molar-refractivity contribution in [2.45, 2.75) is 38.8 Å². The van der Waals surface area contributed by atoms with Crippen molar-refractivity contribution >= 4 is 11.9 Å². The molecule has 0 bridgehead atoms. The lowest BCUT2D eigenvalue weighted by atomic mass is 10.1. The highest BCUT2D eigenvalue weighted by atomic mass is 16.4. The minimum atomic E-state index is -1.11. The Bertz CT molecular complexity index is 589. The molecule has 0 saturated heterocycles. The first-order valence-corrected chi connectivity index (χ1v) is 6.26. The minimum Gasteiger partial charge on any atom is -0.480 e. The molecule has 1 aromatic heterocycles. The summed E-state index contributed by atoms with van der Waals surface area (Å²) >= 11 is 0. The van der Waals surface area contributed by atoms with Crippen molar-refractivity contribution in [3.05, 3.63) is 33.1 Å². The number of carboxylic acid groups (broad SMARTS) is 1. The molecule has 0 saturated carbocycles. The Morgan fingerprint density at radius 3 is 2.70 bits per heavy atom. The van der Waals surface area contributed by atoms with Gasteiger partial charge in [-0.1, -0.05) is 19.8 Å². The average Bonchev–Trinajstić information content (AvgIpc) is 2.37. The van der Waals surface area contributed by atoms with Crippen LogP contribution in [0, 0.1) is 0 Å². The molecule has 0 radical (unpaired) electrons. The average molecular weight is 283 g/mol. The zero-order valence-corrected chi connectivity index (χ0v) is 11.1. The molecule has 0 aromatic carbocycles. The number of unbranched alkanes of at least 4 members (excludes halogenated alkanes) is 1. The lowest BCUT2D eigenvalue weighted by Crippen LogP contribution is -2.43. The van der Waals surface area contributed by atoms with E-state index in [9.17, 15) is 19.2 Å². The molecular weight excluding hydrogens is 266 g/mol. The van der Waals surface area contributed by atoms with E-state index in [0.717, 1.165) is 17.1 Å². The summed E-state index contributed by atoms with van der Waals surface area (Å²) in [4.78, 5) is 46.9. The van der Waals surface area contributed by atoms with Gasteiger partial charge in [-0.2, -0.15) is 0 Å². The number of aliphatic carboxylic acids is 1. The van der Waals surface area contributed by atoms with E-state index in [-0.39, 0.29) is 6.54 Å². The first kappa shape index (κ1) is 15.7. The molecule has 0 fully saturated rings. The second-order valence-electron chi connectivity index (χ2n) is 4.34. The van der Waals surface area contributed by atoms with Crippen LogP contribution in [-0.4, -0.2) is 32.6 Å². The van der Waals surface area contributed by atoms with Gasteiger partial charge < -0.3 is 10.4 Å². The Labute approximate surface area is 114 Å². The first-order valence-electron chi connectivity index (χ1n) is 6.26. The van der Waals surface area contributed by atoms with E-state index in [4.69, 9.17) is 5.11 Å². The van der Waals surface area contributed by atoms with Crippen LogP contribution in [0.4, 0.5) is 0 Å². The Morgan fingerprint density at radius 2 is 2.15 bits per heavy atom. The smallest absolute Gasteiger partial charge is 0.328 e. The number of hydrogen-bond acceptors (Lipinski definition) is 4. The van der Waals surface area contributed by atoms with Gasteiger partial charge in [0.2, 0.25) is 5.91 Å². The maximum atomic E-state index is 11.7. The van der Waals surface area contributed by atoms with Crippen molar-refractivity contribution < 1.29 is 14.7 Å². The van der Waals surface area contributed by atoms with Crippen molar-refractivity contribution in [1.29, 1.82) is 0 Å². The predicted molar refractivity (Wildman–Crippen MR) is 70.4 cm³/mol. The summed E-state index contributed by atoms with van der Waals surface area (Å²) in [5.41, 5.74) is -1.27. The number of carbonyl (C=O) groups excluding carboxylic acids is 1. The summed E-state index contributed by atoms with van der Waals surface area (Å²) in [7, 11) is 0. The summed E-state index contributed by atoms with van der Waals surface area (Å²) in [5.74, 6) is -1.71. The second-order valence-corrected chi connectivity index (χ2v) is 4.34. The molecule has 1 aromatic rings. The van der Waals surface area contributed by atoms with Gasteiger partial charge in [0.25, 0.3) is 5.56 Å². The van der Waals surface area contributed by atoms with E-state index in [1.54, 1.807) is 0 Å². The van der Waals surface area contributed by atoms with Crippen LogP contribution in [0.15, 0.2) is 21.9 Å². The van der Waals surface area contributed by atoms with Crippen LogP contribution in [0.3, 0.4) is 0 Å². The zero-order valence-electron chi connectivity index (χ0n) is 11.1. The topological polar surface area (TPSA) is 121 Å². The van der Waals surface area contributed by atoms with E-state index < -0.39 is 29.2 Å². The number of nitrogens with zero attached hydrogens (tertiary/aromatic N) is 1. The monoisotopic (exact) mass is 283 g/mol. The maximum Gasteiger partial charge on any atom is 0.328 e. The lowest BCUT2D eigenvalue weighted by molar-refractivity contribution is -0.142. The third-order valence-electron chi connectivity index (χ3n) is 2.69. The van der Waals surface area contributed by atoms with E-state index in [2.05, 4.69) is 5.32 Å². The standard InChI is InChI=1S/C12H17N3O5/c1-2-3-4-8(11(18)19)13-10(17)7-15-6-5-9(16)14-12(15)20/h5-6,8H,2-4,7H2,1H3,(H,13,17)(H,18,19)(H,14,16,20). The molecule has 110 valence electrons. The Balaban J connectivity index is 2.68. The predicted octanol–water partition coefficient (Wildman–Crippen LogP) is -0.704. The maximum absolute atomic E-state index is 11.7. The number of aromatic nitrogens is 2. The van der Waals surface area contributed by atoms with Gasteiger partial charge in [0.05, 0.1) is 0 Å². The van der Waals surface area contributed by atoms with Crippen LogP contribution in [0.2, 0.25) is 0 Å². The summed E-state index contributed by atoms with van der Waals surface area (Å²) in [5, 5.41) is 11.3. The highest BCUT2D eigenvalue weighted by Crippen LogP contribution is 2.00. The Kier molecular flexibility index (Phi) is 5.70. The molecule has 1 atom stereocenters. The van der Waals surface area contributed by atoms with Crippen LogP contribution < -0.4 is 16.6 Å². The second kappa shape index (κ2) is 7.27. The molecule has 0 aliphatic carbocycles. The number of carbonyl (C=O) groups is 2. The van der Waals surface area contributed by atoms with Crippen LogP contribution in [0.25, 0.3) is 0 Å². The van der Waals surface area contributed by atoms with Crippen molar-refractivity contribution in [2.75, 3.05) is 0 Å². The number of rotatable bonds is 7. The summed E-state index contributed by atoms with van der Waals surface area (Å²) in [6, 6.07) is 0.140. The molecule has 1 rings (SSSR count). The van der Waals surface area contributed by atoms with Gasteiger partial charge in [-0.05, 0) is 6.42 Å². The molecule has 1 unspecified atom stereocenters. The van der Waals surface area contributed by atoms with E-state index in [1.165, 1.54) is 6.20 Å². The fourth-order valence-corrected chi connectivity index (χ4v) is 1.63. The molecule has 1 heterocycles. The third-order valence-corrected chi connectivity index (χ3v) is 2.69. The molecule has 0 aliphatic heterocycles. The van der Waals surface area contributed by atoms with Gasteiger partial charge in [-0.15, -0.1) is 0 Å². The van der Waals surface area contributed by atoms with Crippen molar-refractivity contribution in [2.24, 2.45) is 0 Å². The van der Waals surface area contributed by atoms with Gasteiger partial charge in [0.15, 0.2) is 0 Å². The lowest BCUT2D eigenvalue weighted by Gasteiger charge is -2.14. The van der Waals surface area contributed by atoms with Crippen molar-refractivity contribution in [3.8, 4) is 0 Å². The molecule has 0 spiro atoms. The van der Waals surface area contributed by atoms with Crippen LogP contribution in [0.5, 0.6) is 0 Å². The number of nitrogens with one attached hydrogen (secondary N) is 2. The van der Waals surface area contributed by atoms with Crippen LogP contribution in [-0.2, 0) is 16.1 Å². The number of aromatic amines is 1. The molecule has 8 nitrogen and oxygen atoms in total. The number of amides is 1. The SMILES string of the molecule is CCCCC(NC(=O)Cn1ccc(=O)[nH]c1=O)C(=O)O. The number of H-pyrrole nitrogens is 1. The third kappa shape index (κ3) is 4.71.